The highest BCUT2D eigenvalue weighted by Crippen LogP contribution is 2.17. The van der Waals surface area contributed by atoms with Gasteiger partial charge in [-0.1, -0.05) is 273 Å². The minimum Gasteiger partial charge on any atom is -0.462 e. The molecule has 6 nitrogen and oxygen atoms in total. The molecule has 434 valence electrons. The standard InChI is InChI=1S/C69H122O6/c1-4-7-10-13-16-19-22-25-27-29-30-31-32-33-34-35-36-37-38-40-41-44-47-50-53-56-59-62-68(71)74-65-66(64-73-67(70)61-58-55-52-49-46-43-24-21-18-15-12-9-6-3)75-69(72)63-60-57-54-51-48-45-42-39-28-26-23-20-17-14-11-8-5-2/h8,11,17,20-22,24-26,28-30,66H,4-7,9-10,12-16,18-19,23,27,31-65H2,1-3H3/b11-8-,20-17-,24-21-,25-22-,28-26-,30-29-. The lowest BCUT2D eigenvalue weighted by atomic mass is 10.0. The van der Waals surface area contributed by atoms with Crippen molar-refractivity contribution in [3.8, 4) is 0 Å². The van der Waals surface area contributed by atoms with E-state index >= 15 is 0 Å². The van der Waals surface area contributed by atoms with Gasteiger partial charge < -0.3 is 14.2 Å². The predicted octanol–water partition coefficient (Wildman–Crippen LogP) is 22.1. The summed E-state index contributed by atoms with van der Waals surface area (Å²) in [7, 11) is 0. The van der Waals surface area contributed by atoms with Gasteiger partial charge in [-0.2, -0.15) is 0 Å². The van der Waals surface area contributed by atoms with Gasteiger partial charge in [0.2, 0.25) is 0 Å². The Morgan fingerprint density at radius 1 is 0.280 bits per heavy atom. The summed E-state index contributed by atoms with van der Waals surface area (Å²) in [4.78, 5) is 38.3. The van der Waals surface area contributed by atoms with Crippen LogP contribution in [0.5, 0.6) is 0 Å². The molecule has 0 rings (SSSR count). The van der Waals surface area contributed by atoms with Gasteiger partial charge in [0.1, 0.15) is 13.2 Å². The lowest BCUT2D eigenvalue weighted by Crippen LogP contribution is -2.30. The third-order valence-electron chi connectivity index (χ3n) is 14.2. The van der Waals surface area contributed by atoms with Crippen LogP contribution in [-0.2, 0) is 28.6 Å². The smallest absolute Gasteiger partial charge is 0.306 e. The fourth-order valence-corrected chi connectivity index (χ4v) is 9.31. The van der Waals surface area contributed by atoms with Crippen LogP contribution in [-0.4, -0.2) is 37.2 Å². The van der Waals surface area contributed by atoms with E-state index in [1.165, 1.54) is 193 Å². The van der Waals surface area contributed by atoms with E-state index < -0.39 is 6.10 Å². The van der Waals surface area contributed by atoms with Gasteiger partial charge in [-0.25, -0.2) is 0 Å². The predicted molar refractivity (Wildman–Crippen MR) is 325 cm³/mol. The van der Waals surface area contributed by atoms with Crippen molar-refractivity contribution in [1.82, 2.24) is 0 Å². The molecule has 0 saturated carbocycles. The second kappa shape index (κ2) is 63.4. The van der Waals surface area contributed by atoms with Crippen molar-refractivity contribution in [2.75, 3.05) is 13.2 Å². The summed E-state index contributed by atoms with van der Waals surface area (Å²) in [6.07, 6.45) is 82.0. The summed E-state index contributed by atoms with van der Waals surface area (Å²) >= 11 is 0. The summed E-state index contributed by atoms with van der Waals surface area (Å²) in [5, 5.41) is 0. The highest BCUT2D eigenvalue weighted by Gasteiger charge is 2.19. The second-order valence-corrected chi connectivity index (χ2v) is 21.6. The zero-order valence-corrected chi connectivity index (χ0v) is 49.8. The topological polar surface area (TPSA) is 78.9 Å². The third kappa shape index (κ3) is 61.6. The molecule has 0 aromatic carbocycles. The van der Waals surface area contributed by atoms with Crippen LogP contribution in [0.25, 0.3) is 0 Å². The molecule has 0 aliphatic rings. The van der Waals surface area contributed by atoms with Crippen LogP contribution in [0.2, 0.25) is 0 Å². The van der Waals surface area contributed by atoms with Crippen molar-refractivity contribution < 1.29 is 28.6 Å². The number of carbonyl (C=O) groups excluding carboxylic acids is 3. The molecule has 0 aliphatic carbocycles. The van der Waals surface area contributed by atoms with Crippen LogP contribution >= 0.6 is 0 Å². The lowest BCUT2D eigenvalue weighted by Gasteiger charge is -2.18. The Balaban J connectivity index is 4.25. The molecule has 1 unspecified atom stereocenters. The van der Waals surface area contributed by atoms with Gasteiger partial charge in [-0.15, -0.1) is 0 Å². The minimum absolute atomic E-state index is 0.0801. The van der Waals surface area contributed by atoms with Gasteiger partial charge in [-0.05, 0) is 109 Å². The SMILES string of the molecule is CC/C=C\C/C=C\C/C=C\CCCCCCCCCC(=O)OC(COC(=O)CCCCCCC/C=C\CCCCCC)COC(=O)CCCCCCCCCCCCCCCCC/C=C\C/C=C\CCCCCCC. The molecular formula is C69H122O6. The first kappa shape index (κ1) is 71.8. The van der Waals surface area contributed by atoms with Gasteiger partial charge >= 0.3 is 17.9 Å². The third-order valence-corrected chi connectivity index (χ3v) is 14.2. The largest absolute Gasteiger partial charge is 0.462 e. The molecular weight excluding hydrogens is 925 g/mol. The molecule has 6 heteroatoms. The van der Waals surface area contributed by atoms with E-state index in [1.54, 1.807) is 0 Å². The number of hydrogen-bond acceptors (Lipinski definition) is 6. The van der Waals surface area contributed by atoms with Crippen LogP contribution in [0.1, 0.15) is 329 Å². The molecule has 0 saturated heterocycles. The summed E-state index contributed by atoms with van der Waals surface area (Å²) in [5.74, 6) is -0.885. The van der Waals surface area contributed by atoms with Crippen molar-refractivity contribution in [2.45, 2.75) is 335 Å². The Morgan fingerprint density at radius 3 is 0.840 bits per heavy atom. The van der Waals surface area contributed by atoms with Crippen molar-refractivity contribution in [1.29, 1.82) is 0 Å². The number of allylic oxidation sites excluding steroid dienone is 12. The second-order valence-electron chi connectivity index (χ2n) is 21.6. The monoisotopic (exact) mass is 1050 g/mol. The van der Waals surface area contributed by atoms with Crippen LogP contribution in [0.3, 0.4) is 0 Å². The molecule has 0 radical (unpaired) electrons. The molecule has 0 bridgehead atoms. The Morgan fingerprint density at radius 2 is 0.520 bits per heavy atom. The fourth-order valence-electron chi connectivity index (χ4n) is 9.31. The van der Waals surface area contributed by atoms with E-state index in [1.807, 2.05) is 0 Å². The maximum absolute atomic E-state index is 12.9. The highest BCUT2D eigenvalue weighted by molar-refractivity contribution is 5.71. The number of carbonyl (C=O) groups is 3. The van der Waals surface area contributed by atoms with Gasteiger partial charge in [0.05, 0.1) is 0 Å². The molecule has 1 atom stereocenters. The molecule has 0 aromatic heterocycles. The maximum Gasteiger partial charge on any atom is 0.306 e. The van der Waals surface area contributed by atoms with Crippen molar-refractivity contribution in [3.05, 3.63) is 72.9 Å². The molecule has 0 aromatic rings. The van der Waals surface area contributed by atoms with E-state index in [9.17, 15) is 14.4 Å². The molecule has 0 fully saturated rings. The lowest BCUT2D eigenvalue weighted by molar-refractivity contribution is -0.167. The van der Waals surface area contributed by atoms with Gasteiger partial charge in [0, 0.05) is 19.3 Å². The van der Waals surface area contributed by atoms with E-state index in [4.69, 9.17) is 14.2 Å². The number of hydrogen-bond donors (Lipinski definition) is 0. The summed E-state index contributed by atoms with van der Waals surface area (Å²) < 4.78 is 16.9. The van der Waals surface area contributed by atoms with Crippen LogP contribution in [0, 0.1) is 0 Å². The average molecular weight is 1050 g/mol. The maximum atomic E-state index is 12.9. The summed E-state index contributed by atoms with van der Waals surface area (Å²) in [6, 6.07) is 0. The molecule has 0 spiro atoms. The van der Waals surface area contributed by atoms with Crippen molar-refractivity contribution >= 4 is 17.9 Å². The Labute approximate surface area is 465 Å². The van der Waals surface area contributed by atoms with E-state index in [2.05, 4.69) is 93.7 Å². The van der Waals surface area contributed by atoms with E-state index in [0.29, 0.717) is 19.3 Å². The van der Waals surface area contributed by atoms with E-state index in [-0.39, 0.29) is 31.1 Å². The van der Waals surface area contributed by atoms with Crippen LogP contribution in [0.4, 0.5) is 0 Å². The van der Waals surface area contributed by atoms with Crippen molar-refractivity contribution in [2.24, 2.45) is 0 Å². The van der Waals surface area contributed by atoms with Gasteiger partial charge in [-0.3, -0.25) is 14.4 Å². The average Bonchev–Trinajstić information content (AvgIpc) is 3.41. The molecule has 75 heavy (non-hydrogen) atoms. The summed E-state index contributed by atoms with van der Waals surface area (Å²) in [6.45, 7) is 6.52. The normalized spacial score (nSPS) is 12.5. The Bertz CT molecular complexity index is 1390. The molecule has 0 aliphatic heterocycles. The molecule has 0 heterocycles. The first-order valence-electron chi connectivity index (χ1n) is 32.4. The minimum atomic E-state index is -0.784. The number of esters is 3. The molecule has 0 amide bonds. The van der Waals surface area contributed by atoms with Gasteiger partial charge in [0.25, 0.3) is 0 Å². The van der Waals surface area contributed by atoms with E-state index in [0.717, 1.165) is 96.3 Å². The van der Waals surface area contributed by atoms with Crippen LogP contribution < -0.4 is 0 Å². The molecule has 0 N–H and O–H groups in total. The van der Waals surface area contributed by atoms with Crippen molar-refractivity contribution in [3.63, 3.8) is 0 Å². The first-order chi connectivity index (χ1) is 37.0. The number of rotatable bonds is 59. The number of ether oxygens (including phenoxy) is 3. The highest BCUT2D eigenvalue weighted by atomic mass is 16.6. The Hall–Kier alpha value is -3.15. The zero-order chi connectivity index (χ0) is 54.3. The first-order valence-corrected chi connectivity index (χ1v) is 32.4. The Kier molecular flexibility index (Phi) is 60.7. The van der Waals surface area contributed by atoms with Gasteiger partial charge in [0.15, 0.2) is 6.10 Å². The zero-order valence-electron chi connectivity index (χ0n) is 49.8. The fraction of sp³-hybridized carbons (Fsp3) is 0.783. The number of unbranched alkanes of at least 4 members (excludes halogenated alkanes) is 36. The van der Waals surface area contributed by atoms with Crippen LogP contribution in [0.15, 0.2) is 72.9 Å². The quantitative estimate of drug-likeness (QED) is 0.0261. The summed E-state index contributed by atoms with van der Waals surface area (Å²) in [5.41, 5.74) is 0.